The summed E-state index contributed by atoms with van der Waals surface area (Å²) in [6.07, 6.45) is 6.96. The second-order valence-corrected chi connectivity index (χ2v) is 8.51. The number of nitrogens with one attached hydrogen (secondary N) is 2. The molecular weight excluding hydrogens is 376 g/mol. The number of benzene rings is 2. The van der Waals surface area contributed by atoms with Crippen LogP contribution in [0.2, 0.25) is 0 Å². The van der Waals surface area contributed by atoms with E-state index < -0.39 is 5.41 Å². The van der Waals surface area contributed by atoms with E-state index in [1.54, 1.807) is 7.11 Å². The number of hydrogen-bond donors (Lipinski definition) is 2. The van der Waals surface area contributed by atoms with Gasteiger partial charge in [0.25, 0.3) is 0 Å². The van der Waals surface area contributed by atoms with E-state index in [9.17, 15) is 9.59 Å². The Morgan fingerprint density at radius 1 is 0.967 bits per heavy atom. The van der Waals surface area contributed by atoms with Gasteiger partial charge in [-0.25, -0.2) is 0 Å². The average molecular weight is 407 g/mol. The molecule has 2 saturated carbocycles. The van der Waals surface area contributed by atoms with Gasteiger partial charge in [-0.3, -0.25) is 9.59 Å². The fraction of sp³-hybridized carbons (Fsp3) is 0.440. The van der Waals surface area contributed by atoms with Gasteiger partial charge in [0.2, 0.25) is 11.8 Å². The lowest BCUT2D eigenvalue weighted by atomic mass is 9.68. The van der Waals surface area contributed by atoms with Crippen LogP contribution in [0.3, 0.4) is 0 Å². The molecule has 0 aromatic heterocycles. The lowest BCUT2D eigenvalue weighted by Crippen LogP contribution is -2.45. The first-order chi connectivity index (χ1) is 14.6. The van der Waals surface area contributed by atoms with Crippen LogP contribution in [0.1, 0.15) is 56.1 Å². The van der Waals surface area contributed by atoms with Crippen LogP contribution in [0, 0.1) is 5.92 Å². The van der Waals surface area contributed by atoms with Gasteiger partial charge in [0, 0.05) is 18.2 Å². The number of carbonyl (C=O) groups is 2. The number of anilines is 1. The zero-order valence-electron chi connectivity index (χ0n) is 17.6. The maximum atomic E-state index is 13.4. The topological polar surface area (TPSA) is 67.4 Å². The minimum atomic E-state index is -0.496. The number of ether oxygens (including phenoxy) is 1. The molecule has 0 aliphatic heterocycles. The van der Waals surface area contributed by atoms with Crippen molar-refractivity contribution < 1.29 is 14.3 Å². The van der Waals surface area contributed by atoms with Gasteiger partial charge in [0.15, 0.2) is 0 Å². The number of rotatable bonds is 7. The molecule has 2 aliphatic rings. The molecule has 2 aromatic carbocycles. The van der Waals surface area contributed by atoms with Crippen LogP contribution in [-0.4, -0.2) is 18.9 Å². The van der Waals surface area contributed by atoms with E-state index in [2.05, 4.69) is 10.6 Å². The maximum absolute atomic E-state index is 13.4. The highest BCUT2D eigenvalue weighted by Crippen LogP contribution is 2.40. The fourth-order valence-corrected chi connectivity index (χ4v) is 4.36. The molecule has 0 heterocycles. The summed E-state index contributed by atoms with van der Waals surface area (Å²) < 4.78 is 5.20. The molecule has 0 unspecified atom stereocenters. The number of amides is 2. The van der Waals surface area contributed by atoms with E-state index in [1.807, 2.05) is 48.5 Å². The van der Waals surface area contributed by atoms with E-state index in [4.69, 9.17) is 4.74 Å². The molecule has 5 heteroatoms. The minimum absolute atomic E-state index is 0.0905. The van der Waals surface area contributed by atoms with Crippen molar-refractivity contribution >= 4 is 17.5 Å². The summed E-state index contributed by atoms with van der Waals surface area (Å²) in [5, 5.41) is 6.15. The quantitative estimate of drug-likeness (QED) is 0.708. The van der Waals surface area contributed by atoms with Crippen LogP contribution in [0.15, 0.2) is 48.5 Å². The zero-order valence-corrected chi connectivity index (χ0v) is 17.6. The van der Waals surface area contributed by atoms with E-state index in [1.165, 1.54) is 6.42 Å². The standard InChI is InChI=1S/C25H30N2O3/c1-30-22-13-5-18(6-14-22)17-26-24(29)25(15-3-2-4-16-25)20-9-11-21(12-10-20)27-23(28)19-7-8-19/h5-6,9-14,19H,2-4,7-8,15-17H2,1H3,(H,26,29)(H,27,28). The third-order valence-electron chi connectivity index (χ3n) is 6.41. The summed E-state index contributed by atoms with van der Waals surface area (Å²) in [5.74, 6) is 1.18. The van der Waals surface area contributed by atoms with E-state index in [-0.39, 0.29) is 17.7 Å². The molecule has 0 bridgehead atoms. The Bertz CT molecular complexity index is 880. The molecule has 0 radical (unpaired) electrons. The Balaban J connectivity index is 1.47. The van der Waals surface area contributed by atoms with Gasteiger partial charge in [0.05, 0.1) is 12.5 Å². The minimum Gasteiger partial charge on any atom is -0.497 e. The molecule has 2 aliphatic carbocycles. The Labute approximate surface area is 178 Å². The molecule has 5 nitrogen and oxygen atoms in total. The van der Waals surface area contributed by atoms with Crippen molar-refractivity contribution in [1.29, 1.82) is 0 Å². The summed E-state index contributed by atoms with van der Waals surface area (Å²) >= 11 is 0. The van der Waals surface area contributed by atoms with Gasteiger partial charge >= 0.3 is 0 Å². The Hall–Kier alpha value is -2.82. The molecule has 0 saturated heterocycles. The zero-order chi connectivity index (χ0) is 21.0. The Morgan fingerprint density at radius 2 is 1.63 bits per heavy atom. The van der Waals surface area contributed by atoms with Crippen molar-refractivity contribution in [3.05, 3.63) is 59.7 Å². The van der Waals surface area contributed by atoms with E-state index in [0.717, 1.165) is 61.1 Å². The Morgan fingerprint density at radius 3 is 2.23 bits per heavy atom. The van der Waals surface area contributed by atoms with Crippen molar-refractivity contribution in [2.45, 2.75) is 56.9 Å². The molecule has 0 spiro atoms. The highest BCUT2D eigenvalue weighted by atomic mass is 16.5. The van der Waals surface area contributed by atoms with Gasteiger partial charge in [-0.15, -0.1) is 0 Å². The summed E-state index contributed by atoms with van der Waals surface area (Å²) in [4.78, 5) is 25.4. The highest BCUT2D eigenvalue weighted by Gasteiger charge is 2.41. The Kier molecular flexibility index (Phi) is 6.07. The molecular formula is C25H30N2O3. The lowest BCUT2D eigenvalue weighted by molar-refractivity contribution is -0.128. The average Bonchev–Trinajstić information content (AvgIpc) is 3.64. The van der Waals surface area contributed by atoms with Crippen LogP contribution in [0.4, 0.5) is 5.69 Å². The second-order valence-electron chi connectivity index (χ2n) is 8.51. The SMILES string of the molecule is COc1ccc(CNC(=O)C2(c3ccc(NC(=O)C4CC4)cc3)CCCCC2)cc1. The van der Waals surface area contributed by atoms with Gasteiger partial charge < -0.3 is 15.4 Å². The second kappa shape index (κ2) is 8.90. The molecule has 4 rings (SSSR count). The number of hydrogen-bond acceptors (Lipinski definition) is 3. The van der Waals surface area contributed by atoms with Crippen LogP contribution in [-0.2, 0) is 21.5 Å². The predicted octanol–water partition coefficient (Wildman–Crippen LogP) is 4.56. The third kappa shape index (κ3) is 4.50. The van der Waals surface area contributed by atoms with Crippen molar-refractivity contribution in [3.63, 3.8) is 0 Å². The first-order valence-corrected chi connectivity index (χ1v) is 10.9. The smallest absolute Gasteiger partial charge is 0.230 e. The van der Waals surface area contributed by atoms with Gasteiger partial charge in [-0.05, 0) is 61.1 Å². The van der Waals surface area contributed by atoms with Crippen molar-refractivity contribution in [2.75, 3.05) is 12.4 Å². The first-order valence-electron chi connectivity index (χ1n) is 10.9. The molecule has 158 valence electrons. The summed E-state index contributed by atoms with van der Waals surface area (Å²) in [7, 11) is 1.65. The summed E-state index contributed by atoms with van der Waals surface area (Å²) in [6.45, 7) is 0.500. The van der Waals surface area contributed by atoms with Crippen LogP contribution in [0.25, 0.3) is 0 Å². The lowest BCUT2D eigenvalue weighted by Gasteiger charge is -2.36. The van der Waals surface area contributed by atoms with Crippen molar-refractivity contribution in [2.24, 2.45) is 5.92 Å². The fourth-order valence-electron chi connectivity index (χ4n) is 4.36. The summed E-state index contributed by atoms with van der Waals surface area (Å²) in [6, 6.07) is 15.7. The summed E-state index contributed by atoms with van der Waals surface area (Å²) in [5.41, 5.74) is 2.40. The number of methoxy groups -OCH3 is 1. The molecule has 30 heavy (non-hydrogen) atoms. The normalized spacial score (nSPS) is 17.8. The van der Waals surface area contributed by atoms with Gasteiger partial charge in [0.1, 0.15) is 5.75 Å². The number of carbonyl (C=O) groups excluding carboxylic acids is 2. The molecule has 2 amide bonds. The largest absolute Gasteiger partial charge is 0.497 e. The van der Waals surface area contributed by atoms with Gasteiger partial charge in [-0.1, -0.05) is 43.5 Å². The van der Waals surface area contributed by atoms with Gasteiger partial charge in [-0.2, -0.15) is 0 Å². The predicted molar refractivity (Wildman–Crippen MR) is 117 cm³/mol. The molecule has 2 aromatic rings. The maximum Gasteiger partial charge on any atom is 0.230 e. The van der Waals surface area contributed by atoms with E-state index >= 15 is 0 Å². The molecule has 2 fully saturated rings. The van der Waals surface area contributed by atoms with Crippen molar-refractivity contribution in [3.8, 4) is 5.75 Å². The van der Waals surface area contributed by atoms with Crippen LogP contribution in [0.5, 0.6) is 5.75 Å². The van der Waals surface area contributed by atoms with Crippen molar-refractivity contribution in [1.82, 2.24) is 5.32 Å². The highest BCUT2D eigenvalue weighted by molar-refractivity contribution is 5.94. The van der Waals surface area contributed by atoms with Crippen LogP contribution >= 0.6 is 0 Å². The molecule has 0 atom stereocenters. The first kappa shape index (κ1) is 20.5. The third-order valence-corrected chi connectivity index (χ3v) is 6.41. The van der Waals surface area contributed by atoms with Crippen LogP contribution < -0.4 is 15.4 Å². The molecule has 2 N–H and O–H groups in total. The van der Waals surface area contributed by atoms with E-state index in [0.29, 0.717) is 6.54 Å². The monoisotopic (exact) mass is 406 g/mol.